The summed E-state index contributed by atoms with van der Waals surface area (Å²) in [6.45, 7) is 2.49. The third kappa shape index (κ3) is 3.48. The van der Waals surface area contributed by atoms with Gasteiger partial charge in [-0.25, -0.2) is 4.79 Å². The summed E-state index contributed by atoms with van der Waals surface area (Å²) in [6, 6.07) is 1.86. The van der Waals surface area contributed by atoms with E-state index in [0.717, 1.165) is 42.2 Å². The molecule has 5 heteroatoms. The topological polar surface area (TPSA) is 66.4 Å². The third-order valence-electron chi connectivity index (χ3n) is 3.85. The van der Waals surface area contributed by atoms with Gasteiger partial charge in [-0.3, -0.25) is 4.79 Å². The molecule has 0 saturated heterocycles. The molecular weight excluding hydrogens is 274 g/mol. The normalized spacial score (nSPS) is 17.4. The summed E-state index contributed by atoms with van der Waals surface area (Å²) >= 11 is 1.53. The van der Waals surface area contributed by atoms with Gasteiger partial charge in [0.2, 0.25) is 5.91 Å². The second kappa shape index (κ2) is 6.22. The molecule has 1 heterocycles. The minimum atomic E-state index is -0.968. The summed E-state index contributed by atoms with van der Waals surface area (Å²) in [5, 5.41) is 13.5. The molecule has 1 aliphatic carbocycles. The monoisotopic (exact) mass is 293 g/mol. The molecule has 0 aromatic carbocycles. The van der Waals surface area contributed by atoms with Crippen molar-refractivity contribution in [2.24, 2.45) is 5.41 Å². The van der Waals surface area contributed by atoms with E-state index < -0.39 is 5.97 Å². The molecule has 1 saturated carbocycles. The predicted molar refractivity (Wildman–Crippen MR) is 79.4 cm³/mol. The maximum absolute atomic E-state index is 12.2. The lowest BCUT2D eigenvalue weighted by molar-refractivity contribution is -0.131. The molecule has 20 heavy (non-hydrogen) atoms. The van der Waals surface area contributed by atoms with Crippen LogP contribution in [-0.4, -0.2) is 17.0 Å². The maximum atomic E-state index is 12.2. The zero-order valence-electron chi connectivity index (χ0n) is 11.5. The van der Waals surface area contributed by atoms with Gasteiger partial charge in [-0.2, -0.15) is 0 Å². The number of hydrogen-bond donors (Lipinski definition) is 2. The van der Waals surface area contributed by atoms with Gasteiger partial charge in [0, 0.05) is 16.4 Å². The van der Waals surface area contributed by atoms with Crippen LogP contribution in [0.1, 0.15) is 43.0 Å². The highest BCUT2D eigenvalue weighted by molar-refractivity contribution is 7.10. The fourth-order valence-electron chi connectivity index (χ4n) is 2.56. The SMILES string of the molecule is CC1(C(=O)NCc2sccc2/C=C/C(=O)O)CCCC1. The molecule has 0 spiro atoms. The van der Waals surface area contributed by atoms with E-state index in [9.17, 15) is 9.59 Å². The van der Waals surface area contributed by atoms with Gasteiger partial charge in [-0.15, -0.1) is 11.3 Å². The zero-order chi connectivity index (χ0) is 14.6. The lowest BCUT2D eigenvalue weighted by Crippen LogP contribution is -2.36. The first-order valence-electron chi connectivity index (χ1n) is 6.77. The van der Waals surface area contributed by atoms with E-state index in [4.69, 9.17) is 5.11 Å². The van der Waals surface area contributed by atoms with Crippen molar-refractivity contribution < 1.29 is 14.7 Å². The number of carboxylic acid groups (broad SMARTS) is 1. The highest BCUT2D eigenvalue weighted by Crippen LogP contribution is 2.37. The number of hydrogen-bond acceptors (Lipinski definition) is 3. The number of nitrogens with one attached hydrogen (secondary N) is 1. The molecule has 108 valence electrons. The Hall–Kier alpha value is -1.62. The van der Waals surface area contributed by atoms with Crippen LogP contribution in [0, 0.1) is 5.41 Å². The molecule has 0 unspecified atom stereocenters. The van der Waals surface area contributed by atoms with Crippen LogP contribution in [0.2, 0.25) is 0 Å². The Balaban J connectivity index is 1.96. The van der Waals surface area contributed by atoms with Crippen LogP contribution in [0.15, 0.2) is 17.5 Å². The first kappa shape index (κ1) is 14.8. The van der Waals surface area contributed by atoms with Crippen LogP contribution in [0.3, 0.4) is 0 Å². The summed E-state index contributed by atoms with van der Waals surface area (Å²) in [5.41, 5.74) is 0.628. The van der Waals surface area contributed by atoms with E-state index in [1.54, 1.807) is 6.08 Å². The summed E-state index contributed by atoms with van der Waals surface area (Å²) in [5.74, 6) is -0.860. The van der Waals surface area contributed by atoms with Gasteiger partial charge in [0.15, 0.2) is 0 Å². The maximum Gasteiger partial charge on any atom is 0.328 e. The number of amides is 1. The summed E-state index contributed by atoms with van der Waals surface area (Å²) in [7, 11) is 0. The van der Waals surface area contributed by atoms with Crippen molar-refractivity contribution in [3.05, 3.63) is 28.0 Å². The standard InChI is InChI=1S/C15H19NO3S/c1-15(7-2-3-8-15)14(19)16-10-12-11(6-9-20-12)4-5-13(17)18/h4-6,9H,2-3,7-8,10H2,1H3,(H,16,19)(H,17,18)/b5-4+. The van der Waals surface area contributed by atoms with Gasteiger partial charge >= 0.3 is 5.97 Å². The van der Waals surface area contributed by atoms with Gasteiger partial charge in [0.25, 0.3) is 0 Å². The molecule has 0 radical (unpaired) electrons. The number of carboxylic acids is 1. The molecule has 0 aliphatic heterocycles. The van der Waals surface area contributed by atoms with E-state index in [2.05, 4.69) is 5.32 Å². The highest BCUT2D eigenvalue weighted by Gasteiger charge is 2.35. The summed E-state index contributed by atoms with van der Waals surface area (Å²) in [6.07, 6.45) is 6.83. The largest absolute Gasteiger partial charge is 0.478 e. The van der Waals surface area contributed by atoms with E-state index in [1.165, 1.54) is 11.3 Å². The van der Waals surface area contributed by atoms with Crippen molar-refractivity contribution >= 4 is 29.3 Å². The van der Waals surface area contributed by atoms with Crippen LogP contribution in [0.5, 0.6) is 0 Å². The molecule has 1 fully saturated rings. The van der Waals surface area contributed by atoms with Crippen molar-refractivity contribution in [2.45, 2.75) is 39.2 Å². The van der Waals surface area contributed by atoms with Gasteiger partial charge in [0.05, 0.1) is 6.54 Å². The van der Waals surface area contributed by atoms with Gasteiger partial charge < -0.3 is 10.4 Å². The second-order valence-corrected chi connectivity index (χ2v) is 6.42. The molecule has 1 aromatic rings. The molecule has 0 bridgehead atoms. The Kier molecular flexibility index (Phi) is 4.60. The quantitative estimate of drug-likeness (QED) is 0.820. The van der Waals surface area contributed by atoms with Crippen LogP contribution < -0.4 is 5.32 Å². The molecule has 0 atom stereocenters. The molecule has 2 rings (SSSR count). The molecule has 1 aromatic heterocycles. The first-order chi connectivity index (χ1) is 9.51. The van der Waals surface area contributed by atoms with Gasteiger partial charge in [-0.1, -0.05) is 19.8 Å². The van der Waals surface area contributed by atoms with E-state index in [0.29, 0.717) is 6.54 Å². The van der Waals surface area contributed by atoms with Crippen LogP contribution >= 0.6 is 11.3 Å². The minimum absolute atomic E-state index is 0.108. The van der Waals surface area contributed by atoms with Gasteiger partial charge in [0.1, 0.15) is 0 Å². The highest BCUT2D eigenvalue weighted by atomic mass is 32.1. The average Bonchev–Trinajstić information content (AvgIpc) is 3.03. The molecule has 1 aliphatic rings. The Morgan fingerprint density at radius 2 is 2.15 bits per heavy atom. The second-order valence-electron chi connectivity index (χ2n) is 5.42. The Bertz CT molecular complexity index is 527. The lowest BCUT2D eigenvalue weighted by atomic mass is 9.88. The average molecular weight is 293 g/mol. The number of thiophene rings is 1. The van der Waals surface area contributed by atoms with Crippen LogP contribution in [0.4, 0.5) is 0 Å². The number of rotatable bonds is 5. The number of carbonyl (C=O) groups excluding carboxylic acids is 1. The first-order valence-corrected chi connectivity index (χ1v) is 7.65. The summed E-state index contributed by atoms with van der Waals surface area (Å²) in [4.78, 5) is 23.7. The van der Waals surface area contributed by atoms with Crippen molar-refractivity contribution in [1.82, 2.24) is 5.32 Å². The minimum Gasteiger partial charge on any atom is -0.478 e. The zero-order valence-corrected chi connectivity index (χ0v) is 12.3. The smallest absolute Gasteiger partial charge is 0.328 e. The van der Waals surface area contributed by atoms with Crippen molar-refractivity contribution in [2.75, 3.05) is 0 Å². The fraction of sp³-hybridized carbons (Fsp3) is 0.467. The number of aliphatic carboxylic acids is 1. The molecular formula is C15H19NO3S. The predicted octanol–water partition coefficient (Wildman–Crippen LogP) is 3.04. The Morgan fingerprint density at radius 3 is 2.80 bits per heavy atom. The van der Waals surface area contributed by atoms with E-state index in [-0.39, 0.29) is 11.3 Å². The van der Waals surface area contributed by atoms with Crippen molar-refractivity contribution in [3.8, 4) is 0 Å². The lowest BCUT2D eigenvalue weighted by Gasteiger charge is -2.22. The number of carbonyl (C=O) groups is 2. The van der Waals surface area contributed by atoms with Gasteiger partial charge in [-0.05, 0) is 35.9 Å². The Labute approximate surface area is 122 Å². The van der Waals surface area contributed by atoms with Crippen molar-refractivity contribution in [1.29, 1.82) is 0 Å². The van der Waals surface area contributed by atoms with E-state index >= 15 is 0 Å². The fourth-order valence-corrected chi connectivity index (χ4v) is 3.37. The van der Waals surface area contributed by atoms with Crippen molar-refractivity contribution in [3.63, 3.8) is 0 Å². The Morgan fingerprint density at radius 1 is 1.45 bits per heavy atom. The van der Waals surface area contributed by atoms with Crippen LogP contribution in [0.25, 0.3) is 6.08 Å². The molecule has 4 nitrogen and oxygen atoms in total. The van der Waals surface area contributed by atoms with Crippen LogP contribution in [-0.2, 0) is 16.1 Å². The summed E-state index contributed by atoms with van der Waals surface area (Å²) < 4.78 is 0. The molecule has 2 N–H and O–H groups in total. The third-order valence-corrected chi connectivity index (χ3v) is 4.79. The van der Waals surface area contributed by atoms with E-state index in [1.807, 2.05) is 18.4 Å². The molecule has 1 amide bonds.